The number of rotatable bonds is 6. The van der Waals surface area contributed by atoms with E-state index in [1.165, 1.54) is 19.3 Å². The van der Waals surface area contributed by atoms with Crippen molar-refractivity contribution in [3.8, 4) is 0 Å². The molecule has 2 N–H and O–H groups in total. The lowest BCUT2D eigenvalue weighted by Gasteiger charge is -2.38. The van der Waals surface area contributed by atoms with E-state index in [9.17, 15) is 4.79 Å². The third-order valence-electron chi connectivity index (χ3n) is 4.42. The fraction of sp³-hybridized carbons (Fsp3) is 0.800. The van der Waals surface area contributed by atoms with Crippen molar-refractivity contribution in [1.82, 2.24) is 30.3 Å². The number of amides is 2. The Kier molecular flexibility index (Phi) is 6.18. The van der Waals surface area contributed by atoms with Gasteiger partial charge in [-0.2, -0.15) is 0 Å². The molecule has 22 heavy (non-hydrogen) atoms. The average Bonchev–Trinajstić information content (AvgIpc) is 2.98. The Morgan fingerprint density at radius 2 is 2.27 bits per heavy atom. The monoisotopic (exact) mass is 308 g/mol. The quantitative estimate of drug-likeness (QED) is 0.832. The van der Waals surface area contributed by atoms with E-state index in [2.05, 4.69) is 39.6 Å². The van der Waals surface area contributed by atoms with Crippen molar-refractivity contribution in [2.75, 3.05) is 13.1 Å². The summed E-state index contributed by atoms with van der Waals surface area (Å²) in [5.41, 5.74) is 0. The van der Waals surface area contributed by atoms with E-state index in [4.69, 9.17) is 0 Å². The molecule has 124 valence electrons. The number of urea groups is 1. The molecule has 1 aliphatic heterocycles. The van der Waals surface area contributed by atoms with Crippen molar-refractivity contribution in [1.29, 1.82) is 0 Å². The van der Waals surface area contributed by atoms with Gasteiger partial charge in [-0.3, -0.25) is 4.90 Å². The number of carbonyl (C=O) groups is 1. The highest BCUT2D eigenvalue weighted by Gasteiger charge is 2.23. The van der Waals surface area contributed by atoms with Crippen molar-refractivity contribution in [3.05, 3.63) is 12.2 Å². The van der Waals surface area contributed by atoms with E-state index < -0.39 is 0 Å². The molecule has 0 spiro atoms. The van der Waals surface area contributed by atoms with E-state index in [-0.39, 0.29) is 6.03 Å². The smallest absolute Gasteiger partial charge is 0.315 e. The summed E-state index contributed by atoms with van der Waals surface area (Å²) in [5, 5.41) is 13.6. The summed E-state index contributed by atoms with van der Waals surface area (Å²) in [4.78, 5) is 14.4. The second-order valence-corrected chi connectivity index (χ2v) is 6.03. The summed E-state index contributed by atoms with van der Waals surface area (Å²) in [6, 6.07) is 0.819. The van der Waals surface area contributed by atoms with Crippen LogP contribution < -0.4 is 10.6 Å². The molecule has 1 fully saturated rings. The van der Waals surface area contributed by atoms with Gasteiger partial charge in [0.1, 0.15) is 6.33 Å². The summed E-state index contributed by atoms with van der Waals surface area (Å²) in [6.07, 6.45) is 5.50. The van der Waals surface area contributed by atoms with Gasteiger partial charge >= 0.3 is 6.03 Å². The Balaban J connectivity index is 1.71. The number of aromatic nitrogens is 3. The van der Waals surface area contributed by atoms with Crippen LogP contribution in [0.3, 0.4) is 0 Å². The first kappa shape index (κ1) is 16.7. The molecule has 0 unspecified atom stereocenters. The van der Waals surface area contributed by atoms with E-state index in [1.807, 2.05) is 11.5 Å². The second kappa shape index (κ2) is 8.12. The highest BCUT2D eigenvalue weighted by Crippen LogP contribution is 2.18. The zero-order valence-corrected chi connectivity index (χ0v) is 13.9. The Morgan fingerprint density at radius 3 is 3.00 bits per heavy atom. The highest BCUT2D eigenvalue weighted by atomic mass is 16.2. The lowest BCUT2D eigenvalue weighted by molar-refractivity contribution is 0.114. The molecule has 2 amide bonds. The van der Waals surface area contributed by atoms with Crippen molar-refractivity contribution in [2.45, 2.75) is 65.2 Å². The zero-order chi connectivity index (χ0) is 15.9. The van der Waals surface area contributed by atoms with Crippen LogP contribution in [0.1, 0.15) is 45.9 Å². The summed E-state index contributed by atoms with van der Waals surface area (Å²) >= 11 is 0. The first-order valence-corrected chi connectivity index (χ1v) is 8.26. The van der Waals surface area contributed by atoms with Crippen LogP contribution in [0.4, 0.5) is 4.79 Å². The Labute approximate surface area is 132 Å². The predicted octanol–water partition coefficient (Wildman–Crippen LogP) is 1.36. The molecule has 7 heteroatoms. The number of aryl methyl sites for hydroxylation is 1. The number of carbonyl (C=O) groups excluding carboxylic acids is 1. The average molecular weight is 308 g/mol. The first-order valence-electron chi connectivity index (χ1n) is 8.26. The number of hydrogen-bond acceptors (Lipinski definition) is 4. The summed E-state index contributed by atoms with van der Waals surface area (Å²) in [7, 11) is 0. The Hall–Kier alpha value is -1.63. The number of likely N-dealkylation sites (tertiary alicyclic amines) is 1. The number of nitrogens with zero attached hydrogens (tertiary/aromatic N) is 4. The maximum atomic E-state index is 11.9. The maximum Gasteiger partial charge on any atom is 0.315 e. The molecule has 2 rings (SSSR count). The minimum absolute atomic E-state index is 0.151. The van der Waals surface area contributed by atoms with E-state index in [0.717, 1.165) is 18.9 Å². The topological polar surface area (TPSA) is 75.1 Å². The predicted molar refractivity (Wildman–Crippen MR) is 85.4 cm³/mol. The third-order valence-corrected chi connectivity index (χ3v) is 4.42. The molecule has 0 bridgehead atoms. The second-order valence-electron chi connectivity index (χ2n) is 6.03. The lowest BCUT2D eigenvalue weighted by atomic mass is 10.0. The molecule has 7 nitrogen and oxygen atoms in total. The van der Waals surface area contributed by atoms with Crippen molar-refractivity contribution in [2.24, 2.45) is 0 Å². The van der Waals surface area contributed by atoms with Crippen LogP contribution in [-0.2, 0) is 13.1 Å². The molecule has 0 aromatic carbocycles. The molecular weight excluding hydrogens is 280 g/mol. The minimum Gasteiger partial charge on any atom is -0.337 e. The maximum absolute atomic E-state index is 11.9. The SMILES string of the molecule is CCn1cnnc1CNC(=O)NC[C@@H](C)N1CCCC[C@@H]1C. The molecule has 2 heterocycles. The van der Waals surface area contributed by atoms with Crippen molar-refractivity contribution in [3.63, 3.8) is 0 Å². The van der Waals surface area contributed by atoms with Gasteiger partial charge in [-0.25, -0.2) is 4.79 Å². The van der Waals surface area contributed by atoms with Crippen molar-refractivity contribution >= 4 is 6.03 Å². The third kappa shape index (κ3) is 4.43. The molecule has 1 saturated heterocycles. The molecule has 0 saturated carbocycles. The van der Waals surface area contributed by atoms with Gasteiger partial charge in [-0.15, -0.1) is 10.2 Å². The van der Waals surface area contributed by atoms with Crippen LogP contribution >= 0.6 is 0 Å². The fourth-order valence-corrected chi connectivity index (χ4v) is 3.03. The first-order chi connectivity index (χ1) is 10.6. The lowest BCUT2D eigenvalue weighted by Crippen LogP contribution is -2.49. The standard InChI is InChI=1S/C15H28N6O/c1-4-20-11-18-19-14(20)10-17-15(22)16-9-13(3)21-8-6-5-7-12(21)2/h11-13H,4-10H2,1-3H3,(H2,16,17,22)/t12-,13+/m0/s1. The van der Waals surface area contributed by atoms with E-state index in [1.54, 1.807) is 6.33 Å². The van der Waals surface area contributed by atoms with Crippen molar-refractivity contribution < 1.29 is 4.79 Å². The van der Waals surface area contributed by atoms with E-state index >= 15 is 0 Å². The molecule has 0 aliphatic carbocycles. The number of piperidine rings is 1. The van der Waals surface area contributed by atoms with Crippen LogP contribution in [0.2, 0.25) is 0 Å². The summed E-state index contributed by atoms with van der Waals surface area (Å²) in [6.45, 7) is 9.46. The molecular formula is C15H28N6O. The van der Waals surface area contributed by atoms with E-state index in [0.29, 0.717) is 25.2 Å². The van der Waals surface area contributed by atoms with Gasteiger partial charge in [0.2, 0.25) is 0 Å². The van der Waals surface area contributed by atoms with Gasteiger partial charge in [0.25, 0.3) is 0 Å². The molecule has 2 atom stereocenters. The summed E-state index contributed by atoms with van der Waals surface area (Å²) in [5.74, 6) is 0.773. The van der Waals surface area contributed by atoms with Gasteiger partial charge in [0.15, 0.2) is 5.82 Å². The number of nitrogens with one attached hydrogen (secondary N) is 2. The van der Waals surface area contributed by atoms with Gasteiger partial charge in [-0.05, 0) is 40.2 Å². The van der Waals surface area contributed by atoms with Crippen LogP contribution in [0.25, 0.3) is 0 Å². The minimum atomic E-state index is -0.151. The van der Waals surface area contributed by atoms with Gasteiger partial charge < -0.3 is 15.2 Å². The Morgan fingerprint density at radius 1 is 1.45 bits per heavy atom. The van der Waals surface area contributed by atoms with Crippen LogP contribution in [-0.4, -0.2) is 50.9 Å². The largest absolute Gasteiger partial charge is 0.337 e. The van der Waals surface area contributed by atoms with Gasteiger partial charge in [0.05, 0.1) is 6.54 Å². The highest BCUT2D eigenvalue weighted by molar-refractivity contribution is 5.73. The molecule has 1 aromatic rings. The fourth-order valence-electron chi connectivity index (χ4n) is 3.03. The van der Waals surface area contributed by atoms with Crippen LogP contribution in [0, 0.1) is 0 Å². The van der Waals surface area contributed by atoms with Crippen LogP contribution in [0.5, 0.6) is 0 Å². The van der Waals surface area contributed by atoms with Crippen LogP contribution in [0.15, 0.2) is 6.33 Å². The van der Waals surface area contributed by atoms with Gasteiger partial charge in [-0.1, -0.05) is 6.42 Å². The normalized spacial score (nSPS) is 20.6. The number of hydrogen-bond donors (Lipinski definition) is 2. The molecule has 1 aliphatic rings. The molecule has 1 aromatic heterocycles. The Bertz CT molecular complexity index is 474. The molecule has 0 radical (unpaired) electrons. The summed E-state index contributed by atoms with van der Waals surface area (Å²) < 4.78 is 1.91. The zero-order valence-electron chi connectivity index (χ0n) is 13.9. The van der Waals surface area contributed by atoms with Gasteiger partial charge in [0, 0.05) is 25.2 Å².